The number of carbonyl (C=O) groups is 2. The van der Waals surface area contributed by atoms with Crippen molar-refractivity contribution in [2.75, 3.05) is 4.90 Å². The quantitative estimate of drug-likeness (QED) is 0.253. The number of amides is 1. The number of rotatable bonds is 7. The molecule has 2 saturated carbocycles. The summed E-state index contributed by atoms with van der Waals surface area (Å²) in [7, 11) is 1.74. The molecule has 0 saturated heterocycles. The van der Waals surface area contributed by atoms with Crippen molar-refractivity contribution in [2.24, 2.45) is 13.0 Å². The second-order valence-corrected chi connectivity index (χ2v) is 12.7. The van der Waals surface area contributed by atoms with Gasteiger partial charge in [0.15, 0.2) is 0 Å². The SMILES string of the molecule is CC1CC(C)(NCc2cc3c(c(C(F)(F)F)c2)CN(c2cccc(C4(Cc5nncn5C)CC(F)(F)C4)c2)C3=O)C1.O=CO. The first-order chi connectivity index (χ1) is 20.6. The number of hydrogen-bond donors (Lipinski definition) is 2. The molecule has 0 atom stereocenters. The van der Waals surface area contributed by atoms with Gasteiger partial charge in [-0.05, 0) is 66.6 Å². The number of benzene rings is 2. The average Bonchev–Trinajstić information content (AvgIpc) is 3.47. The lowest BCUT2D eigenvalue weighted by Gasteiger charge is -2.48. The van der Waals surface area contributed by atoms with Gasteiger partial charge in [0.2, 0.25) is 5.92 Å². The Balaban J connectivity index is 0.00000123. The molecule has 236 valence electrons. The van der Waals surface area contributed by atoms with Gasteiger partial charge in [-0.3, -0.25) is 9.59 Å². The summed E-state index contributed by atoms with van der Waals surface area (Å²) in [6.07, 6.45) is -1.80. The van der Waals surface area contributed by atoms with Crippen molar-refractivity contribution in [3.63, 3.8) is 0 Å². The average molecular weight is 620 g/mol. The predicted octanol–water partition coefficient (Wildman–Crippen LogP) is 5.88. The zero-order chi connectivity index (χ0) is 32.1. The molecular formula is C31H34F5N5O3. The summed E-state index contributed by atoms with van der Waals surface area (Å²) in [5, 5.41) is 18.2. The van der Waals surface area contributed by atoms with Gasteiger partial charge >= 0.3 is 6.18 Å². The van der Waals surface area contributed by atoms with Crippen LogP contribution in [0.5, 0.6) is 0 Å². The molecule has 0 bridgehead atoms. The van der Waals surface area contributed by atoms with E-state index < -0.39 is 41.8 Å². The van der Waals surface area contributed by atoms with Crippen LogP contribution in [0.25, 0.3) is 0 Å². The summed E-state index contributed by atoms with van der Waals surface area (Å²) in [5.41, 5.74) is -0.546. The van der Waals surface area contributed by atoms with Gasteiger partial charge in [-0.1, -0.05) is 19.1 Å². The number of fused-ring (bicyclic) bond motifs is 1. The standard InChI is InChI=1S/C30H32F5N5O.CH2O2/c1-18-10-27(2,11-18)36-13-19-7-22-23(24(8-19)30(33,34)35)14-40(26(22)41)21-6-4-5-20(9-21)28(15-29(31,32)16-28)12-25-38-37-17-39(25)3;2-1-3/h4-9,17-18,36H,10-16H2,1-3H3;1H,(H,2,3). The zero-order valence-electron chi connectivity index (χ0n) is 24.6. The van der Waals surface area contributed by atoms with Crippen LogP contribution in [0, 0.1) is 5.92 Å². The number of alkyl halides is 5. The van der Waals surface area contributed by atoms with Crippen molar-refractivity contribution < 1.29 is 36.6 Å². The van der Waals surface area contributed by atoms with E-state index in [4.69, 9.17) is 9.90 Å². The third kappa shape index (κ3) is 6.06. The number of nitrogens with one attached hydrogen (secondary N) is 1. The first-order valence-corrected chi connectivity index (χ1v) is 14.3. The molecular weight excluding hydrogens is 585 g/mol. The number of anilines is 1. The highest BCUT2D eigenvalue weighted by molar-refractivity contribution is 6.10. The van der Waals surface area contributed by atoms with Crippen LogP contribution in [0.15, 0.2) is 42.7 Å². The minimum absolute atomic E-state index is 0.0261. The molecule has 0 radical (unpaired) electrons. The summed E-state index contributed by atoms with van der Waals surface area (Å²) < 4.78 is 72.8. The molecule has 2 fully saturated rings. The van der Waals surface area contributed by atoms with E-state index in [2.05, 4.69) is 29.4 Å². The highest BCUT2D eigenvalue weighted by atomic mass is 19.4. The Labute approximate surface area is 251 Å². The van der Waals surface area contributed by atoms with E-state index in [-0.39, 0.29) is 42.6 Å². The van der Waals surface area contributed by atoms with Crippen LogP contribution in [0.3, 0.4) is 0 Å². The number of halogens is 5. The first-order valence-electron chi connectivity index (χ1n) is 14.3. The normalized spacial score (nSPS) is 23.2. The summed E-state index contributed by atoms with van der Waals surface area (Å²) >= 11 is 0. The molecule has 3 aromatic rings. The second kappa shape index (κ2) is 11.2. The lowest BCUT2D eigenvalue weighted by Crippen LogP contribution is -2.51. The van der Waals surface area contributed by atoms with Crippen LogP contribution in [-0.4, -0.2) is 43.7 Å². The van der Waals surface area contributed by atoms with E-state index in [1.807, 2.05) is 0 Å². The van der Waals surface area contributed by atoms with Crippen LogP contribution in [0.4, 0.5) is 27.6 Å². The molecule has 2 N–H and O–H groups in total. The van der Waals surface area contributed by atoms with Crippen molar-refractivity contribution in [3.05, 3.63) is 76.4 Å². The van der Waals surface area contributed by atoms with Crippen molar-refractivity contribution in [1.82, 2.24) is 20.1 Å². The maximum Gasteiger partial charge on any atom is 0.416 e. The van der Waals surface area contributed by atoms with Crippen LogP contribution in [0.1, 0.15) is 78.0 Å². The van der Waals surface area contributed by atoms with E-state index in [0.717, 1.165) is 18.9 Å². The van der Waals surface area contributed by atoms with Crippen LogP contribution in [0.2, 0.25) is 0 Å². The fourth-order valence-corrected chi connectivity index (χ4v) is 7.11. The molecule has 8 nitrogen and oxygen atoms in total. The summed E-state index contributed by atoms with van der Waals surface area (Å²) in [4.78, 5) is 23.3. The Bertz CT molecular complexity index is 1560. The van der Waals surface area contributed by atoms with Crippen LogP contribution >= 0.6 is 0 Å². The number of hydrogen-bond acceptors (Lipinski definition) is 5. The lowest BCUT2D eigenvalue weighted by molar-refractivity contribution is -0.138. The van der Waals surface area contributed by atoms with Gasteiger partial charge in [0.05, 0.1) is 12.1 Å². The number of nitrogens with zero attached hydrogens (tertiary/aromatic N) is 4. The maximum absolute atomic E-state index is 14.2. The molecule has 1 amide bonds. The monoisotopic (exact) mass is 619 g/mol. The van der Waals surface area contributed by atoms with Gasteiger partial charge in [0.1, 0.15) is 12.2 Å². The molecule has 44 heavy (non-hydrogen) atoms. The minimum atomic E-state index is -4.63. The van der Waals surface area contributed by atoms with Crippen molar-refractivity contribution in [2.45, 2.75) is 82.1 Å². The zero-order valence-corrected chi connectivity index (χ0v) is 24.6. The molecule has 3 aliphatic rings. The second-order valence-electron chi connectivity index (χ2n) is 12.7. The van der Waals surface area contributed by atoms with E-state index in [1.54, 1.807) is 41.9 Å². The van der Waals surface area contributed by atoms with Gasteiger partial charge in [0.25, 0.3) is 12.4 Å². The third-order valence-electron chi connectivity index (χ3n) is 8.99. The number of aromatic nitrogens is 3. The van der Waals surface area contributed by atoms with Gasteiger partial charge in [0, 0.05) is 55.1 Å². The molecule has 0 unspecified atom stereocenters. The molecule has 6 rings (SSSR count). The summed E-state index contributed by atoms with van der Waals surface area (Å²) in [6, 6.07) is 9.37. The molecule has 1 aliphatic heterocycles. The third-order valence-corrected chi connectivity index (χ3v) is 8.99. The Morgan fingerprint density at radius 2 is 1.84 bits per heavy atom. The number of carboxylic acid groups (broad SMARTS) is 1. The highest BCUT2D eigenvalue weighted by Crippen LogP contribution is 2.55. The fourth-order valence-electron chi connectivity index (χ4n) is 7.11. The van der Waals surface area contributed by atoms with Gasteiger partial charge in [-0.15, -0.1) is 10.2 Å². The first kappa shape index (κ1) is 31.6. The molecule has 2 aliphatic carbocycles. The van der Waals surface area contributed by atoms with E-state index in [0.29, 0.717) is 28.6 Å². The Morgan fingerprint density at radius 1 is 1.16 bits per heavy atom. The summed E-state index contributed by atoms with van der Waals surface area (Å²) in [6.45, 7) is 3.92. The highest BCUT2D eigenvalue weighted by Gasteiger charge is 2.57. The maximum atomic E-state index is 14.2. The predicted molar refractivity (Wildman–Crippen MR) is 151 cm³/mol. The van der Waals surface area contributed by atoms with Crippen molar-refractivity contribution in [1.29, 1.82) is 0 Å². The number of carbonyl (C=O) groups excluding carboxylic acids is 1. The molecule has 0 spiro atoms. The van der Waals surface area contributed by atoms with E-state index in [1.165, 1.54) is 11.2 Å². The Kier molecular flexibility index (Phi) is 8.06. The fraction of sp³-hybridized carbons (Fsp3) is 0.484. The smallest absolute Gasteiger partial charge is 0.416 e. The molecule has 2 aromatic carbocycles. The van der Waals surface area contributed by atoms with Crippen molar-refractivity contribution in [3.8, 4) is 0 Å². The van der Waals surface area contributed by atoms with Gasteiger partial charge in [-0.2, -0.15) is 13.2 Å². The van der Waals surface area contributed by atoms with Gasteiger partial charge < -0.3 is 19.9 Å². The Hall–Kier alpha value is -3.87. The summed E-state index contributed by atoms with van der Waals surface area (Å²) in [5.74, 6) is -2.25. The van der Waals surface area contributed by atoms with Crippen LogP contribution in [-0.2, 0) is 42.9 Å². The van der Waals surface area contributed by atoms with Crippen LogP contribution < -0.4 is 10.2 Å². The lowest BCUT2D eigenvalue weighted by atomic mass is 9.60. The van der Waals surface area contributed by atoms with Crippen molar-refractivity contribution >= 4 is 18.1 Å². The number of aryl methyl sites for hydroxylation is 1. The molecule has 2 heterocycles. The van der Waals surface area contributed by atoms with E-state index in [9.17, 15) is 26.7 Å². The topological polar surface area (TPSA) is 100 Å². The molecule has 1 aromatic heterocycles. The van der Waals surface area contributed by atoms with E-state index >= 15 is 0 Å². The largest absolute Gasteiger partial charge is 0.483 e. The van der Waals surface area contributed by atoms with Gasteiger partial charge in [-0.25, -0.2) is 8.78 Å². The minimum Gasteiger partial charge on any atom is -0.483 e. The Morgan fingerprint density at radius 3 is 2.41 bits per heavy atom. The molecule has 13 heteroatoms.